The lowest BCUT2D eigenvalue weighted by molar-refractivity contribution is -0.114. The zero-order valence-corrected chi connectivity index (χ0v) is 12.4. The average molecular weight is 297 g/mol. The Morgan fingerprint density at radius 3 is 2.35 bits per heavy atom. The summed E-state index contributed by atoms with van der Waals surface area (Å²) in [4.78, 5) is 11.1. The molecule has 2 rings (SSSR count). The molecule has 0 atom stereocenters. The second-order valence-electron chi connectivity index (χ2n) is 5.19. The molecule has 0 spiro atoms. The third-order valence-electron chi connectivity index (χ3n) is 3.50. The fraction of sp³-hybridized carbons (Fsp3) is 0.462. The van der Waals surface area contributed by atoms with Gasteiger partial charge in [0, 0.05) is 31.2 Å². The van der Waals surface area contributed by atoms with E-state index in [0.717, 1.165) is 6.42 Å². The molecule has 1 aromatic rings. The maximum absolute atomic E-state index is 12.3. The second kappa shape index (κ2) is 5.16. The summed E-state index contributed by atoms with van der Waals surface area (Å²) in [6, 6.07) is 6.12. The van der Waals surface area contributed by atoms with E-state index >= 15 is 0 Å². The molecule has 0 bridgehead atoms. The fourth-order valence-corrected chi connectivity index (χ4v) is 3.74. The SMILES string of the molecule is CCC1(N)CN(S(=O)(=O)c2ccc(NC(C)=O)cc2)C1. The van der Waals surface area contributed by atoms with Gasteiger partial charge in [-0.15, -0.1) is 0 Å². The van der Waals surface area contributed by atoms with Crippen molar-refractivity contribution in [2.45, 2.75) is 30.7 Å². The molecular weight excluding hydrogens is 278 g/mol. The minimum absolute atomic E-state index is 0.195. The van der Waals surface area contributed by atoms with Crippen molar-refractivity contribution in [3.8, 4) is 0 Å². The lowest BCUT2D eigenvalue weighted by Crippen LogP contribution is -2.68. The number of hydrogen-bond donors (Lipinski definition) is 2. The van der Waals surface area contributed by atoms with Crippen LogP contribution in [-0.4, -0.2) is 37.3 Å². The van der Waals surface area contributed by atoms with Gasteiger partial charge in [-0.05, 0) is 30.7 Å². The third-order valence-corrected chi connectivity index (χ3v) is 5.30. The third kappa shape index (κ3) is 2.84. The highest BCUT2D eigenvalue weighted by Crippen LogP contribution is 2.28. The molecule has 3 N–H and O–H groups in total. The minimum atomic E-state index is -3.49. The molecule has 1 amide bonds. The van der Waals surface area contributed by atoms with E-state index in [0.29, 0.717) is 18.8 Å². The summed E-state index contributed by atoms with van der Waals surface area (Å²) >= 11 is 0. The van der Waals surface area contributed by atoms with Crippen LogP contribution in [0.15, 0.2) is 29.2 Å². The minimum Gasteiger partial charge on any atom is -0.326 e. The Morgan fingerprint density at radius 1 is 1.35 bits per heavy atom. The number of rotatable bonds is 4. The van der Waals surface area contributed by atoms with E-state index in [2.05, 4.69) is 5.32 Å². The number of nitrogens with one attached hydrogen (secondary N) is 1. The number of sulfonamides is 1. The fourth-order valence-electron chi connectivity index (χ4n) is 2.11. The van der Waals surface area contributed by atoms with Crippen molar-refractivity contribution in [1.82, 2.24) is 4.31 Å². The van der Waals surface area contributed by atoms with Gasteiger partial charge in [-0.3, -0.25) is 4.79 Å². The Balaban J connectivity index is 2.13. The van der Waals surface area contributed by atoms with Crippen molar-refractivity contribution in [2.24, 2.45) is 5.73 Å². The van der Waals surface area contributed by atoms with Crippen LogP contribution < -0.4 is 11.1 Å². The van der Waals surface area contributed by atoms with Gasteiger partial charge in [0.25, 0.3) is 0 Å². The predicted octanol–water partition coefficient (Wildman–Crippen LogP) is 0.757. The topological polar surface area (TPSA) is 92.5 Å². The lowest BCUT2D eigenvalue weighted by Gasteiger charge is -2.46. The molecule has 1 saturated heterocycles. The zero-order valence-electron chi connectivity index (χ0n) is 11.6. The number of carbonyl (C=O) groups is 1. The van der Waals surface area contributed by atoms with Crippen molar-refractivity contribution >= 4 is 21.6 Å². The summed E-state index contributed by atoms with van der Waals surface area (Å²) in [6.07, 6.45) is 0.750. The summed E-state index contributed by atoms with van der Waals surface area (Å²) in [6.45, 7) is 4.04. The van der Waals surface area contributed by atoms with Crippen LogP contribution in [0, 0.1) is 0 Å². The smallest absolute Gasteiger partial charge is 0.243 e. The Bertz CT molecular complexity index is 604. The highest BCUT2D eigenvalue weighted by molar-refractivity contribution is 7.89. The van der Waals surface area contributed by atoms with Crippen LogP contribution in [0.4, 0.5) is 5.69 Å². The molecular formula is C13H19N3O3S. The quantitative estimate of drug-likeness (QED) is 0.858. The monoisotopic (exact) mass is 297 g/mol. The molecule has 0 unspecified atom stereocenters. The first-order valence-electron chi connectivity index (χ1n) is 6.43. The summed E-state index contributed by atoms with van der Waals surface area (Å²) in [7, 11) is -3.49. The average Bonchev–Trinajstić information content (AvgIpc) is 2.35. The van der Waals surface area contributed by atoms with E-state index in [1.165, 1.54) is 23.4 Å². The van der Waals surface area contributed by atoms with E-state index in [-0.39, 0.29) is 10.8 Å². The highest BCUT2D eigenvalue weighted by atomic mass is 32.2. The molecule has 110 valence electrons. The van der Waals surface area contributed by atoms with Crippen molar-refractivity contribution in [2.75, 3.05) is 18.4 Å². The molecule has 7 heteroatoms. The first-order chi connectivity index (χ1) is 9.27. The Hall–Kier alpha value is -1.44. The van der Waals surface area contributed by atoms with Gasteiger partial charge in [0.1, 0.15) is 0 Å². The molecule has 0 aliphatic carbocycles. The molecule has 1 heterocycles. The highest BCUT2D eigenvalue weighted by Gasteiger charge is 2.44. The Labute approximate surface area is 119 Å². The normalized spacial score (nSPS) is 18.4. The molecule has 0 saturated carbocycles. The van der Waals surface area contributed by atoms with E-state index < -0.39 is 15.6 Å². The maximum Gasteiger partial charge on any atom is 0.243 e. The van der Waals surface area contributed by atoms with E-state index in [1.54, 1.807) is 12.1 Å². The summed E-state index contributed by atoms with van der Waals surface area (Å²) in [5, 5.41) is 2.60. The molecule has 0 aromatic heterocycles. The largest absolute Gasteiger partial charge is 0.326 e. The summed E-state index contributed by atoms with van der Waals surface area (Å²) < 4.78 is 26.0. The lowest BCUT2D eigenvalue weighted by atomic mass is 9.91. The molecule has 20 heavy (non-hydrogen) atoms. The maximum atomic E-state index is 12.3. The second-order valence-corrected chi connectivity index (χ2v) is 7.13. The van der Waals surface area contributed by atoms with Gasteiger partial charge in [0.2, 0.25) is 15.9 Å². The van der Waals surface area contributed by atoms with Crippen LogP contribution in [0.3, 0.4) is 0 Å². The zero-order chi connectivity index (χ0) is 15.0. The molecule has 1 aromatic carbocycles. The number of hydrogen-bond acceptors (Lipinski definition) is 4. The number of amides is 1. The van der Waals surface area contributed by atoms with Crippen molar-refractivity contribution in [3.05, 3.63) is 24.3 Å². The van der Waals surface area contributed by atoms with Gasteiger partial charge in [-0.2, -0.15) is 4.31 Å². The van der Waals surface area contributed by atoms with E-state index in [9.17, 15) is 13.2 Å². The number of benzene rings is 1. The van der Waals surface area contributed by atoms with Crippen LogP contribution in [0.1, 0.15) is 20.3 Å². The Kier molecular flexibility index (Phi) is 3.86. The van der Waals surface area contributed by atoms with Gasteiger partial charge < -0.3 is 11.1 Å². The van der Waals surface area contributed by atoms with Crippen LogP contribution in [0.25, 0.3) is 0 Å². The van der Waals surface area contributed by atoms with Gasteiger partial charge >= 0.3 is 0 Å². The number of nitrogens with zero attached hydrogens (tertiary/aromatic N) is 1. The van der Waals surface area contributed by atoms with Crippen molar-refractivity contribution in [3.63, 3.8) is 0 Å². The van der Waals surface area contributed by atoms with Gasteiger partial charge in [0.05, 0.1) is 4.90 Å². The van der Waals surface area contributed by atoms with Crippen LogP contribution >= 0.6 is 0 Å². The predicted molar refractivity (Wildman–Crippen MR) is 76.7 cm³/mol. The van der Waals surface area contributed by atoms with Crippen LogP contribution in [0.5, 0.6) is 0 Å². The van der Waals surface area contributed by atoms with Gasteiger partial charge in [-0.25, -0.2) is 8.42 Å². The Morgan fingerprint density at radius 2 is 1.90 bits per heavy atom. The van der Waals surface area contributed by atoms with E-state index in [1.807, 2.05) is 6.92 Å². The standard InChI is InChI=1S/C13H19N3O3S/c1-3-13(14)8-16(9-13)20(18,19)12-6-4-11(5-7-12)15-10(2)17/h4-7H,3,8-9,14H2,1-2H3,(H,15,17). The van der Waals surface area contributed by atoms with Crippen molar-refractivity contribution < 1.29 is 13.2 Å². The van der Waals surface area contributed by atoms with Gasteiger partial charge in [0.15, 0.2) is 0 Å². The molecule has 1 fully saturated rings. The summed E-state index contributed by atoms with van der Waals surface area (Å²) in [5.41, 5.74) is 6.16. The van der Waals surface area contributed by atoms with Gasteiger partial charge in [-0.1, -0.05) is 6.92 Å². The first kappa shape index (κ1) is 15.0. The molecule has 6 nitrogen and oxygen atoms in total. The van der Waals surface area contributed by atoms with E-state index in [4.69, 9.17) is 5.73 Å². The number of anilines is 1. The van der Waals surface area contributed by atoms with Crippen LogP contribution in [0.2, 0.25) is 0 Å². The molecule has 1 aliphatic heterocycles. The molecule has 1 aliphatic rings. The van der Waals surface area contributed by atoms with Crippen molar-refractivity contribution in [1.29, 1.82) is 0 Å². The molecule has 0 radical (unpaired) electrons. The first-order valence-corrected chi connectivity index (χ1v) is 7.87. The number of carbonyl (C=O) groups excluding carboxylic acids is 1. The number of nitrogens with two attached hydrogens (primary N) is 1. The van der Waals surface area contributed by atoms with Crippen LogP contribution in [-0.2, 0) is 14.8 Å². The summed E-state index contributed by atoms with van der Waals surface area (Å²) in [5.74, 6) is -0.195.